The molecule has 0 aliphatic carbocycles. The zero-order chi connectivity index (χ0) is 18.8. The summed E-state index contributed by atoms with van der Waals surface area (Å²) in [6.45, 7) is 7.78. The first-order chi connectivity index (χ1) is 11.2. The van der Waals surface area contributed by atoms with Crippen LogP contribution < -0.4 is 0 Å². The van der Waals surface area contributed by atoms with Crippen molar-refractivity contribution < 1.29 is 33.3 Å². The fraction of sp³-hybridized carbons (Fsp3) is 0.867. The van der Waals surface area contributed by atoms with Crippen molar-refractivity contribution in [3.05, 3.63) is 0 Å². The first kappa shape index (κ1) is 23.0. The van der Waals surface area contributed by atoms with Crippen LogP contribution in [0.2, 0.25) is 0 Å². The van der Waals surface area contributed by atoms with Crippen molar-refractivity contribution in [1.82, 2.24) is 4.57 Å². The number of carboxylic acids is 1. The van der Waals surface area contributed by atoms with E-state index in [1.54, 1.807) is 18.4 Å². The number of rotatable bonds is 13. The maximum atomic E-state index is 12.4. The van der Waals surface area contributed by atoms with Crippen LogP contribution in [0.3, 0.4) is 0 Å². The zero-order valence-corrected chi connectivity index (χ0v) is 16.9. The van der Waals surface area contributed by atoms with Gasteiger partial charge < -0.3 is 23.7 Å². The molecule has 0 heterocycles. The number of nitrogens with zero attached hydrogens (tertiary/aromatic N) is 1. The molecule has 2 unspecified atom stereocenters. The average molecular weight is 365 g/mol. The Bertz CT molecular complexity index is 390. The summed E-state index contributed by atoms with van der Waals surface area (Å²) >= 11 is 0. The Balaban J connectivity index is 5.16. The van der Waals surface area contributed by atoms with Gasteiger partial charge in [0.2, 0.25) is 9.92 Å². The molecule has 1 N–H and O–H groups in total. The highest BCUT2D eigenvalue weighted by atomic mass is 28.2. The Labute approximate surface area is 146 Å². The van der Waals surface area contributed by atoms with Gasteiger partial charge in [-0.15, -0.1) is 0 Å². The summed E-state index contributed by atoms with van der Waals surface area (Å²) in [7, 11) is 1.44. The number of hydrogen-bond acceptors (Lipinski definition) is 7. The van der Waals surface area contributed by atoms with Crippen molar-refractivity contribution in [1.29, 1.82) is 0 Å². The minimum atomic E-state index is -1.47. The quantitative estimate of drug-likeness (QED) is 0.292. The molecule has 0 rings (SSSR count). The molecule has 0 aliphatic heterocycles. The maximum Gasteiger partial charge on any atom is 0.323 e. The number of carboxylic acid groups (broad SMARTS) is 1. The van der Waals surface area contributed by atoms with Gasteiger partial charge >= 0.3 is 11.9 Å². The summed E-state index contributed by atoms with van der Waals surface area (Å²) in [6.07, 6.45) is 0.823. The molecule has 0 aromatic carbocycles. The lowest BCUT2D eigenvalue weighted by Gasteiger charge is -2.33. The Morgan fingerprint density at radius 1 is 1.25 bits per heavy atom. The van der Waals surface area contributed by atoms with Crippen LogP contribution in [0.1, 0.15) is 47.0 Å². The molecule has 9 heteroatoms. The number of ether oxygens (including phenoxy) is 3. The molecule has 2 atom stereocenters. The Morgan fingerprint density at radius 3 is 2.25 bits per heavy atom. The van der Waals surface area contributed by atoms with Crippen molar-refractivity contribution in [3.63, 3.8) is 0 Å². The second-order valence-corrected chi connectivity index (χ2v) is 6.99. The van der Waals surface area contributed by atoms with Gasteiger partial charge in [-0.05, 0) is 26.3 Å². The van der Waals surface area contributed by atoms with E-state index in [4.69, 9.17) is 23.7 Å². The van der Waals surface area contributed by atoms with Gasteiger partial charge in [0.1, 0.15) is 6.04 Å². The average Bonchev–Trinajstić information content (AvgIpc) is 2.55. The molecule has 0 spiro atoms. The van der Waals surface area contributed by atoms with Crippen LogP contribution in [0.4, 0.5) is 0 Å². The number of hydrogen-bond donors (Lipinski definition) is 1. The summed E-state index contributed by atoms with van der Waals surface area (Å²) < 4.78 is 23.1. The van der Waals surface area contributed by atoms with Gasteiger partial charge in [-0.2, -0.15) is 0 Å². The topological polar surface area (TPSA) is 94.5 Å². The van der Waals surface area contributed by atoms with E-state index in [0.29, 0.717) is 13.0 Å². The number of methoxy groups -OCH3 is 2. The second-order valence-electron chi connectivity index (χ2n) is 5.63. The molecule has 0 saturated carbocycles. The fourth-order valence-electron chi connectivity index (χ4n) is 1.89. The lowest BCUT2D eigenvalue weighted by Crippen LogP contribution is -2.50. The van der Waals surface area contributed by atoms with Gasteiger partial charge in [0.05, 0.1) is 12.5 Å². The predicted molar refractivity (Wildman–Crippen MR) is 90.9 cm³/mol. The number of esters is 1. The van der Waals surface area contributed by atoms with Crippen LogP contribution in [0.5, 0.6) is 0 Å². The molecule has 0 saturated heterocycles. The van der Waals surface area contributed by atoms with Gasteiger partial charge in [0, 0.05) is 21.1 Å². The third kappa shape index (κ3) is 8.20. The van der Waals surface area contributed by atoms with Crippen LogP contribution in [0.25, 0.3) is 0 Å². The molecule has 0 aliphatic rings. The highest BCUT2D eigenvalue weighted by Crippen LogP contribution is 2.15. The fourth-order valence-corrected chi connectivity index (χ4v) is 3.43. The van der Waals surface area contributed by atoms with Gasteiger partial charge in [-0.3, -0.25) is 14.2 Å². The van der Waals surface area contributed by atoms with E-state index in [1.807, 2.05) is 13.8 Å². The van der Waals surface area contributed by atoms with E-state index < -0.39 is 33.9 Å². The van der Waals surface area contributed by atoms with E-state index >= 15 is 0 Å². The van der Waals surface area contributed by atoms with Crippen molar-refractivity contribution in [2.45, 2.75) is 65.1 Å². The first-order valence-corrected chi connectivity index (χ1v) is 9.34. The van der Waals surface area contributed by atoms with Crippen molar-refractivity contribution in [3.8, 4) is 0 Å². The highest BCUT2D eigenvalue weighted by molar-refractivity contribution is 6.24. The SMILES string of the molecule is CCCN([SiH2]OC(C)(OC)OC)C(CC(=O)O)C(=O)OC(C)CC. The monoisotopic (exact) mass is 365 g/mol. The smallest absolute Gasteiger partial charge is 0.323 e. The van der Waals surface area contributed by atoms with Crippen molar-refractivity contribution in [2.24, 2.45) is 0 Å². The summed E-state index contributed by atoms with van der Waals surface area (Å²) in [5.74, 6) is -2.81. The Kier molecular flexibility index (Phi) is 11.1. The van der Waals surface area contributed by atoms with E-state index in [-0.39, 0.29) is 12.5 Å². The van der Waals surface area contributed by atoms with Crippen LogP contribution in [-0.4, -0.2) is 70.4 Å². The van der Waals surface area contributed by atoms with Gasteiger partial charge in [0.25, 0.3) is 5.97 Å². The minimum absolute atomic E-state index is 0.261. The predicted octanol–water partition coefficient (Wildman–Crippen LogP) is 0.865. The number of carbonyl (C=O) groups is 2. The van der Waals surface area contributed by atoms with E-state index in [9.17, 15) is 9.59 Å². The first-order valence-electron chi connectivity index (χ1n) is 8.13. The molecule has 24 heavy (non-hydrogen) atoms. The van der Waals surface area contributed by atoms with Crippen molar-refractivity contribution >= 4 is 21.9 Å². The normalized spacial score (nSPS) is 15.0. The molecule has 0 aromatic heterocycles. The largest absolute Gasteiger partial charge is 0.481 e. The summed E-state index contributed by atoms with van der Waals surface area (Å²) in [6, 6.07) is -0.874. The van der Waals surface area contributed by atoms with Crippen molar-refractivity contribution in [2.75, 3.05) is 20.8 Å². The molecule has 0 bridgehead atoms. The van der Waals surface area contributed by atoms with E-state index in [0.717, 1.165) is 6.42 Å². The standard InChI is InChI=1S/C15H31NO7Si/c1-7-9-16(24-23-15(4,20-5)21-6)12(10-13(17)18)14(19)22-11(3)8-2/h11-12H,7-10,24H2,1-6H3,(H,17,18). The third-order valence-electron chi connectivity index (χ3n) is 3.72. The molecule has 8 nitrogen and oxygen atoms in total. The van der Waals surface area contributed by atoms with E-state index in [1.165, 1.54) is 14.2 Å². The van der Waals surface area contributed by atoms with Gasteiger partial charge in [0.15, 0.2) is 0 Å². The molecule has 0 amide bonds. The van der Waals surface area contributed by atoms with Crippen LogP contribution in [0, 0.1) is 0 Å². The van der Waals surface area contributed by atoms with Crippen LogP contribution >= 0.6 is 0 Å². The minimum Gasteiger partial charge on any atom is -0.481 e. The molecule has 0 aromatic rings. The number of aliphatic carboxylic acids is 1. The van der Waals surface area contributed by atoms with Crippen LogP contribution in [0.15, 0.2) is 0 Å². The zero-order valence-electron chi connectivity index (χ0n) is 15.5. The number of carbonyl (C=O) groups excluding carboxylic acids is 1. The lowest BCUT2D eigenvalue weighted by molar-refractivity contribution is -0.312. The molecule has 0 radical (unpaired) electrons. The Morgan fingerprint density at radius 2 is 1.83 bits per heavy atom. The van der Waals surface area contributed by atoms with E-state index in [2.05, 4.69) is 0 Å². The lowest BCUT2D eigenvalue weighted by atomic mass is 10.2. The summed E-state index contributed by atoms with van der Waals surface area (Å²) in [5.41, 5.74) is 0. The summed E-state index contributed by atoms with van der Waals surface area (Å²) in [4.78, 5) is 23.6. The maximum absolute atomic E-state index is 12.4. The Hall–Kier alpha value is -1.00. The van der Waals surface area contributed by atoms with Gasteiger partial charge in [-0.25, -0.2) is 0 Å². The molecule has 0 fully saturated rings. The molecular weight excluding hydrogens is 334 g/mol. The van der Waals surface area contributed by atoms with Gasteiger partial charge in [-0.1, -0.05) is 13.8 Å². The third-order valence-corrected chi connectivity index (χ3v) is 5.46. The van der Waals surface area contributed by atoms with Crippen LogP contribution in [-0.2, 0) is 28.2 Å². The highest BCUT2D eigenvalue weighted by Gasteiger charge is 2.33. The summed E-state index contributed by atoms with van der Waals surface area (Å²) in [5, 5.41) is 9.15. The second kappa shape index (κ2) is 11.5. The molecular formula is C15H31NO7Si. The molecule has 142 valence electrons.